The number of carbonyl (C=O) groups is 1. The first-order valence-electron chi connectivity index (χ1n) is 11.5. The molecule has 0 unspecified atom stereocenters. The Bertz CT molecular complexity index is 539. The van der Waals surface area contributed by atoms with E-state index in [2.05, 4.69) is 24.4 Å². The molecule has 28 heavy (non-hydrogen) atoms. The van der Waals surface area contributed by atoms with Gasteiger partial charge in [0.25, 0.3) is 0 Å². The number of para-hydroxylation sites is 1. The van der Waals surface area contributed by atoms with Crippen LogP contribution in [0.5, 0.6) is 0 Å². The molecule has 0 saturated carbocycles. The van der Waals surface area contributed by atoms with Gasteiger partial charge in [-0.15, -0.1) is 0 Å². The Balaban J connectivity index is 1.88. The van der Waals surface area contributed by atoms with Gasteiger partial charge in [0, 0.05) is 12.2 Å². The number of benzene rings is 1. The van der Waals surface area contributed by atoms with Crippen LogP contribution in [0.15, 0.2) is 36.4 Å². The zero-order valence-corrected chi connectivity index (χ0v) is 17.9. The number of allylic oxidation sites excluding steroid dienone is 2. The van der Waals surface area contributed by atoms with Crippen molar-refractivity contribution in [3.63, 3.8) is 0 Å². The highest BCUT2D eigenvalue weighted by Crippen LogP contribution is 2.15. The fourth-order valence-electron chi connectivity index (χ4n) is 3.42. The van der Waals surface area contributed by atoms with Gasteiger partial charge in [-0.3, -0.25) is 0 Å². The van der Waals surface area contributed by atoms with Gasteiger partial charge in [0.1, 0.15) is 0 Å². The Hall–Kier alpha value is -1.77. The summed E-state index contributed by atoms with van der Waals surface area (Å²) in [6, 6.07) is 7.12. The summed E-state index contributed by atoms with van der Waals surface area (Å²) in [5, 5.41) is 12.4. The number of rotatable bonds is 18. The van der Waals surface area contributed by atoms with E-state index in [0.717, 1.165) is 18.7 Å². The van der Waals surface area contributed by atoms with Gasteiger partial charge >= 0.3 is 5.97 Å². The lowest BCUT2D eigenvalue weighted by molar-refractivity contribution is 0.0698. The normalized spacial score (nSPS) is 11.2. The van der Waals surface area contributed by atoms with E-state index in [-0.39, 0.29) is 0 Å². The van der Waals surface area contributed by atoms with E-state index in [1.807, 2.05) is 12.1 Å². The number of hydrogen-bond donors (Lipinski definition) is 2. The lowest BCUT2D eigenvalue weighted by atomic mass is 10.1. The second kappa shape index (κ2) is 17.3. The molecular formula is C25H41NO2. The maximum atomic E-state index is 11.2. The topological polar surface area (TPSA) is 49.3 Å². The van der Waals surface area contributed by atoms with E-state index < -0.39 is 5.97 Å². The molecule has 0 radical (unpaired) electrons. The summed E-state index contributed by atoms with van der Waals surface area (Å²) >= 11 is 0. The van der Waals surface area contributed by atoms with Gasteiger partial charge in [0.2, 0.25) is 0 Å². The maximum absolute atomic E-state index is 11.2. The number of carboxylic acid groups (broad SMARTS) is 1. The van der Waals surface area contributed by atoms with Crippen molar-refractivity contribution in [2.45, 2.75) is 96.8 Å². The maximum Gasteiger partial charge on any atom is 0.337 e. The van der Waals surface area contributed by atoms with Crippen molar-refractivity contribution in [1.82, 2.24) is 0 Å². The molecule has 1 rings (SSSR count). The van der Waals surface area contributed by atoms with Gasteiger partial charge in [0.05, 0.1) is 5.56 Å². The smallest absolute Gasteiger partial charge is 0.337 e. The second-order valence-electron chi connectivity index (χ2n) is 7.72. The molecule has 0 fully saturated rings. The van der Waals surface area contributed by atoms with Crippen LogP contribution in [-0.4, -0.2) is 17.6 Å². The minimum Gasteiger partial charge on any atom is -0.478 e. The Morgan fingerprint density at radius 2 is 1.36 bits per heavy atom. The van der Waals surface area contributed by atoms with Crippen LogP contribution in [0.25, 0.3) is 0 Å². The van der Waals surface area contributed by atoms with E-state index in [1.165, 1.54) is 83.5 Å². The number of anilines is 1. The van der Waals surface area contributed by atoms with Gasteiger partial charge in [-0.1, -0.05) is 89.0 Å². The number of aromatic carboxylic acids is 1. The quantitative estimate of drug-likeness (QED) is 0.199. The van der Waals surface area contributed by atoms with Crippen LogP contribution in [0, 0.1) is 0 Å². The zero-order valence-electron chi connectivity index (χ0n) is 17.9. The van der Waals surface area contributed by atoms with Crippen molar-refractivity contribution in [2.75, 3.05) is 11.9 Å². The molecule has 1 aromatic rings. The van der Waals surface area contributed by atoms with Gasteiger partial charge < -0.3 is 10.4 Å². The van der Waals surface area contributed by atoms with Crippen LogP contribution >= 0.6 is 0 Å². The van der Waals surface area contributed by atoms with Crippen molar-refractivity contribution in [3.8, 4) is 0 Å². The molecule has 158 valence electrons. The third kappa shape index (κ3) is 12.6. The van der Waals surface area contributed by atoms with E-state index in [1.54, 1.807) is 12.1 Å². The fraction of sp³-hybridized carbons (Fsp3) is 0.640. The lowest BCUT2D eigenvalue weighted by Gasteiger charge is -2.09. The summed E-state index contributed by atoms with van der Waals surface area (Å²) < 4.78 is 0. The first-order chi connectivity index (χ1) is 13.8. The number of hydrogen-bond acceptors (Lipinski definition) is 2. The molecular weight excluding hydrogens is 346 g/mol. The molecule has 0 heterocycles. The van der Waals surface area contributed by atoms with Crippen molar-refractivity contribution in [3.05, 3.63) is 42.0 Å². The van der Waals surface area contributed by atoms with Crippen LogP contribution < -0.4 is 5.32 Å². The van der Waals surface area contributed by atoms with Gasteiger partial charge in [-0.2, -0.15) is 0 Å². The number of nitrogens with one attached hydrogen (secondary N) is 1. The molecule has 0 aliphatic rings. The van der Waals surface area contributed by atoms with Crippen molar-refractivity contribution in [1.29, 1.82) is 0 Å². The first-order valence-corrected chi connectivity index (χ1v) is 11.5. The molecule has 3 heteroatoms. The van der Waals surface area contributed by atoms with Gasteiger partial charge in [-0.25, -0.2) is 4.79 Å². The Morgan fingerprint density at radius 1 is 0.821 bits per heavy atom. The van der Waals surface area contributed by atoms with E-state index in [4.69, 9.17) is 5.11 Å². The SMILES string of the molecule is CCCCCCCCC=CCCCCCCCCNc1ccccc1C(=O)O. The Kier molecular flexibility index (Phi) is 15.0. The number of carboxylic acids is 1. The van der Waals surface area contributed by atoms with Crippen molar-refractivity contribution >= 4 is 11.7 Å². The van der Waals surface area contributed by atoms with Crippen molar-refractivity contribution in [2.24, 2.45) is 0 Å². The Morgan fingerprint density at radius 3 is 1.96 bits per heavy atom. The summed E-state index contributed by atoms with van der Waals surface area (Å²) in [5.74, 6) is -0.871. The van der Waals surface area contributed by atoms with Crippen LogP contribution in [-0.2, 0) is 0 Å². The molecule has 2 N–H and O–H groups in total. The summed E-state index contributed by atoms with van der Waals surface area (Å²) in [5.41, 5.74) is 1.08. The Labute approximate surface area is 172 Å². The van der Waals surface area contributed by atoms with Crippen LogP contribution in [0.1, 0.15) is 107 Å². The third-order valence-corrected chi connectivity index (χ3v) is 5.16. The molecule has 0 aliphatic heterocycles. The molecule has 0 aromatic heterocycles. The van der Waals surface area contributed by atoms with Gasteiger partial charge in [0.15, 0.2) is 0 Å². The largest absolute Gasteiger partial charge is 0.478 e. The predicted octanol–water partition coefficient (Wildman–Crippen LogP) is 7.83. The average molecular weight is 388 g/mol. The van der Waals surface area contributed by atoms with E-state index in [9.17, 15) is 4.79 Å². The molecule has 0 amide bonds. The molecule has 0 bridgehead atoms. The van der Waals surface area contributed by atoms with E-state index in [0.29, 0.717) is 5.56 Å². The molecule has 1 aromatic carbocycles. The summed E-state index contributed by atoms with van der Waals surface area (Å²) in [4.78, 5) is 11.2. The van der Waals surface area contributed by atoms with E-state index >= 15 is 0 Å². The first kappa shape index (κ1) is 24.3. The molecule has 0 aliphatic carbocycles. The van der Waals surface area contributed by atoms with Gasteiger partial charge in [-0.05, 0) is 44.2 Å². The highest BCUT2D eigenvalue weighted by Gasteiger charge is 2.07. The lowest BCUT2D eigenvalue weighted by Crippen LogP contribution is -2.07. The standard InChI is InChI=1S/C25H41NO2/c1-2-3-4-5-6-7-8-9-10-11-12-13-14-15-16-19-22-26-24-21-18-17-20-23(24)25(27)28/h9-10,17-18,20-21,26H,2-8,11-16,19,22H2,1H3,(H,27,28). The fourth-order valence-corrected chi connectivity index (χ4v) is 3.42. The minimum absolute atomic E-state index is 0.354. The molecule has 3 nitrogen and oxygen atoms in total. The summed E-state index contributed by atoms with van der Waals surface area (Å²) in [6.07, 6.45) is 23.0. The molecule has 0 spiro atoms. The highest BCUT2D eigenvalue weighted by atomic mass is 16.4. The van der Waals surface area contributed by atoms with Crippen LogP contribution in [0.2, 0.25) is 0 Å². The minimum atomic E-state index is -0.871. The molecule has 0 saturated heterocycles. The monoisotopic (exact) mass is 387 g/mol. The average Bonchev–Trinajstić information content (AvgIpc) is 2.70. The predicted molar refractivity (Wildman–Crippen MR) is 121 cm³/mol. The molecule has 0 atom stereocenters. The zero-order chi connectivity index (χ0) is 20.3. The van der Waals surface area contributed by atoms with Crippen LogP contribution in [0.4, 0.5) is 5.69 Å². The second-order valence-corrected chi connectivity index (χ2v) is 7.72. The van der Waals surface area contributed by atoms with Crippen molar-refractivity contribution < 1.29 is 9.90 Å². The summed E-state index contributed by atoms with van der Waals surface area (Å²) in [7, 11) is 0. The van der Waals surface area contributed by atoms with Crippen LogP contribution in [0.3, 0.4) is 0 Å². The number of unbranched alkanes of at least 4 members (excludes halogenated alkanes) is 12. The third-order valence-electron chi connectivity index (χ3n) is 5.16. The highest BCUT2D eigenvalue weighted by molar-refractivity contribution is 5.94. The summed E-state index contributed by atoms with van der Waals surface area (Å²) in [6.45, 7) is 3.11.